The van der Waals surface area contributed by atoms with Gasteiger partial charge in [-0.3, -0.25) is 4.79 Å². The van der Waals surface area contributed by atoms with Gasteiger partial charge < -0.3 is 15.3 Å². The highest BCUT2D eigenvalue weighted by Crippen LogP contribution is 2.38. The van der Waals surface area contributed by atoms with E-state index in [2.05, 4.69) is 6.92 Å². The number of benzene rings is 2. The van der Waals surface area contributed by atoms with E-state index in [0.29, 0.717) is 24.0 Å². The Balaban J connectivity index is 2.65. The molecule has 2 aromatic rings. The highest BCUT2D eigenvalue weighted by Gasteiger charge is 2.41. The van der Waals surface area contributed by atoms with E-state index in [4.69, 9.17) is 0 Å². The highest BCUT2D eigenvalue weighted by atomic mass is 16.4. The first-order chi connectivity index (χ1) is 10.0. The van der Waals surface area contributed by atoms with Gasteiger partial charge in [-0.25, -0.2) is 0 Å². The van der Waals surface area contributed by atoms with Crippen molar-refractivity contribution in [3.05, 3.63) is 66.6 Å². The van der Waals surface area contributed by atoms with Crippen molar-refractivity contribution in [3.8, 4) is 11.5 Å². The third-order valence-corrected chi connectivity index (χ3v) is 3.64. The molecule has 0 aliphatic heterocycles. The maximum atomic E-state index is 12.0. The van der Waals surface area contributed by atoms with Crippen molar-refractivity contribution in [3.63, 3.8) is 0 Å². The van der Waals surface area contributed by atoms with Gasteiger partial charge >= 0.3 is 5.97 Å². The van der Waals surface area contributed by atoms with E-state index in [0.717, 1.165) is 0 Å². The Hall–Kier alpha value is -2.49. The second kappa shape index (κ2) is 5.87. The zero-order chi connectivity index (χ0) is 15.5. The molecule has 3 N–H and O–H groups in total. The van der Waals surface area contributed by atoms with E-state index in [9.17, 15) is 20.1 Å². The third-order valence-electron chi connectivity index (χ3n) is 3.64. The van der Waals surface area contributed by atoms with Gasteiger partial charge in [-0.2, -0.15) is 0 Å². The van der Waals surface area contributed by atoms with Gasteiger partial charge in [0.25, 0.3) is 0 Å². The number of carboxylic acid groups (broad SMARTS) is 1. The fourth-order valence-electron chi connectivity index (χ4n) is 2.57. The van der Waals surface area contributed by atoms with Crippen LogP contribution in [0.5, 0.6) is 11.5 Å². The molecule has 2 rings (SSSR count). The van der Waals surface area contributed by atoms with E-state index in [1.807, 2.05) is 0 Å². The van der Waals surface area contributed by atoms with Gasteiger partial charge in [0.2, 0.25) is 0 Å². The topological polar surface area (TPSA) is 77.8 Å². The summed E-state index contributed by atoms with van der Waals surface area (Å²) >= 11 is 0. The van der Waals surface area contributed by atoms with E-state index in [1.165, 1.54) is 24.3 Å². The lowest BCUT2D eigenvalue weighted by Gasteiger charge is -2.30. The maximum Gasteiger partial charge on any atom is 0.318 e. The second-order valence-electron chi connectivity index (χ2n) is 4.91. The van der Waals surface area contributed by atoms with Gasteiger partial charge in [-0.1, -0.05) is 37.6 Å². The van der Waals surface area contributed by atoms with Crippen LogP contribution in [0.3, 0.4) is 0 Å². The van der Waals surface area contributed by atoms with Gasteiger partial charge in [0.1, 0.15) is 16.9 Å². The minimum absolute atomic E-state index is 0.0818. The molecule has 0 heterocycles. The Kier molecular flexibility index (Phi) is 4.17. The number of carboxylic acids is 1. The Morgan fingerprint density at radius 1 is 0.905 bits per heavy atom. The van der Waals surface area contributed by atoms with Gasteiger partial charge in [-0.15, -0.1) is 0 Å². The number of phenolic OH excluding ortho intramolecular Hbond substituents is 2. The Labute approximate surface area is 123 Å². The average Bonchev–Trinajstić information content (AvgIpc) is 2.46. The highest BCUT2D eigenvalue weighted by molar-refractivity contribution is 5.86. The molecule has 0 aliphatic carbocycles. The van der Waals surface area contributed by atoms with E-state index in [-0.39, 0.29) is 11.5 Å². The lowest BCUT2D eigenvalue weighted by Crippen LogP contribution is -2.37. The number of hydrogen-bond donors (Lipinski definition) is 3. The van der Waals surface area contributed by atoms with Crippen LogP contribution in [0.2, 0.25) is 0 Å². The minimum atomic E-state index is -1.25. The van der Waals surface area contributed by atoms with Gasteiger partial charge in [0, 0.05) is 0 Å². The van der Waals surface area contributed by atoms with Gasteiger partial charge in [0.15, 0.2) is 0 Å². The lowest BCUT2D eigenvalue weighted by molar-refractivity contribution is -0.142. The molecule has 0 saturated carbocycles. The summed E-state index contributed by atoms with van der Waals surface area (Å²) in [5, 5.41) is 28.7. The fraction of sp³-hybridized carbons (Fsp3) is 0.176. The smallest absolute Gasteiger partial charge is 0.318 e. The van der Waals surface area contributed by atoms with E-state index in [1.54, 1.807) is 24.3 Å². The normalized spacial score (nSPS) is 11.3. The van der Waals surface area contributed by atoms with Crippen LogP contribution in [0.25, 0.3) is 0 Å². The molecule has 0 saturated heterocycles. The second-order valence-corrected chi connectivity index (χ2v) is 4.91. The Bertz CT molecular complexity index is 569. The molecule has 0 fully saturated rings. The van der Waals surface area contributed by atoms with Crippen molar-refractivity contribution >= 4 is 5.97 Å². The lowest BCUT2D eigenvalue weighted by atomic mass is 9.71. The molecule has 0 spiro atoms. The Morgan fingerprint density at radius 2 is 1.29 bits per heavy atom. The van der Waals surface area contributed by atoms with Gasteiger partial charge in [0.05, 0.1) is 0 Å². The number of hydrogen-bond acceptors (Lipinski definition) is 3. The summed E-state index contributed by atoms with van der Waals surface area (Å²) in [4.78, 5) is 12.0. The first-order valence-electron chi connectivity index (χ1n) is 6.62. The van der Waals surface area contributed by atoms with Crippen LogP contribution >= 0.6 is 0 Å². The fourth-order valence-corrected chi connectivity index (χ4v) is 2.57. The van der Waals surface area contributed by atoms with Crippen LogP contribution in [0.1, 0.15) is 24.0 Å². The maximum absolute atomic E-state index is 12.0. The molecule has 2 aromatic carbocycles. The molecular weight excluding hydrogens is 268 g/mol. The largest absolute Gasteiger partial charge is 0.508 e. The molecule has 0 atom stereocenters. The number of aromatic hydroxyl groups is 2. The van der Waals surface area contributed by atoms with Crippen LogP contribution in [0.4, 0.5) is 0 Å². The van der Waals surface area contributed by atoms with Crippen LogP contribution in [0, 0.1) is 6.92 Å². The molecule has 21 heavy (non-hydrogen) atoms. The SMILES string of the molecule is [CH2]CCC(C(=O)O)(c1ccc(O)cc1)c1ccc(O)cc1. The molecule has 1 radical (unpaired) electrons. The summed E-state index contributed by atoms with van der Waals surface area (Å²) < 4.78 is 0. The first kappa shape index (κ1) is 14.9. The zero-order valence-corrected chi connectivity index (χ0v) is 11.5. The third kappa shape index (κ3) is 2.70. The summed E-state index contributed by atoms with van der Waals surface area (Å²) in [5.41, 5.74) is -0.104. The summed E-state index contributed by atoms with van der Waals surface area (Å²) in [5.74, 6) is -0.820. The summed E-state index contributed by atoms with van der Waals surface area (Å²) in [6.45, 7) is 3.78. The van der Waals surface area contributed by atoms with Crippen molar-refractivity contribution in [2.24, 2.45) is 0 Å². The standard InChI is InChI=1S/C17H17O4/c1-2-11-17(16(20)21,12-3-7-14(18)8-4-12)13-5-9-15(19)10-6-13/h3-10,18-19H,1-2,11H2,(H,20,21). The van der Waals surface area contributed by atoms with Crippen molar-refractivity contribution < 1.29 is 20.1 Å². The quantitative estimate of drug-likeness (QED) is 0.789. The molecule has 0 unspecified atom stereocenters. The summed E-state index contributed by atoms with van der Waals surface area (Å²) in [7, 11) is 0. The molecule has 0 bridgehead atoms. The zero-order valence-electron chi connectivity index (χ0n) is 11.5. The van der Waals surface area contributed by atoms with E-state index < -0.39 is 11.4 Å². The van der Waals surface area contributed by atoms with E-state index >= 15 is 0 Å². The summed E-state index contributed by atoms with van der Waals surface area (Å²) in [6, 6.07) is 12.3. The number of aliphatic carboxylic acids is 1. The molecule has 0 aliphatic rings. The molecule has 109 valence electrons. The molecule has 0 aromatic heterocycles. The predicted octanol–water partition coefficient (Wildman–Crippen LogP) is 3.08. The van der Waals surface area contributed by atoms with Crippen LogP contribution < -0.4 is 0 Å². The van der Waals surface area contributed by atoms with Crippen molar-refractivity contribution in [2.45, 2.75) is 18.3 Å². The van der Waals surface area contributed by atoms with Crippen LogP contribution in [-0.2, 0) is 10.2 Å². The monoisotopic (exact) mass is 285 g/mol. The average molecular weight is 285 g/mol. The van der Waals surface area contributed by atoms with Crippen LogP contribution in [-0.4, -0.2) is 21.3 Å². The summed E-state index contributed by atoms with van der Waals surface area (Å²) in [6.07, 6.45) is 0.756. The molecule has 4 nitrogen and oxygen atoms in total. The first-order valence-corrected chi connectivity index (χ1v) is 6.62. The molecule has 4 heteroatoms. The number of rotatable bonds is 5. The number of carbonyl (C=O) groups is 1. The van der Waals surface area contributed by atoms with Crippen molar-refractivity contribution in [1.82, 2.24) is 0 Å². The predicted molar refractivity (Wildman–Crippen MR) is 79.2 cm³/mol. The van der Waals surface area contributed by atoms with Crippen LogP contribution in [0.15, 0.2) is 48.5 Å². The molecular formula is C17H17O4. The molecule has 0 amide bonds. The van der Waals surface area contributed by atoms with Gasteiger partial charge in [-0.05, 0) is 41.8 Å². The van der Waals surface area contributed by atoms with Crippen molar-refractivity contribution in [1.29, 1.82) is 0 Å². The van der Waals surface area contributed by atoms with Crippen molar-refractivity contribution in [2.75, 3.05) is 0 Å². The Morgan fingerprint density at radius 3 is 1.57 bits per heavy atom. The number of phenols is 2. The minimum Gasteiger partial charge on any atom is -0.508 e.